The summed E-state index contributed by atoms with van der Waals surface area (Å²) in [6, 6.07) is 26.1. The number of aliphatic carboxylic acids is 1. The Balaban J connectivity index is 0.000000541. The van der Waals surface area contributed by atoms with E-state index in [0.29, 0.717) is 32.6 Å². The fourth-order valence-electron chi connectivity index (χ4n) is 5.44. The van der Waals surface area contributed by atoms with E-state index in [1.807, 2.05) is 71.6 Å². The van der Waals surface area contributed by atoms with E-state index in [4.69, 9.17) is 9.90 Å². The van der Waals surface area contributed by atoms with E-state index in [9.17, 15) is 27.2 Å². The predicted molar refractivity (Wildman–Crippen MR) is 152 cm³/mol. The highest BCUT2D eigenvalue weighted by Crippen LogP contribution is 2.36. The summed E-state index contributed by atoms with van der Waals surface area (Å²) >= 11 is 0. The first-order chi connectivity index (χ1) is 20.5. The molecule has 3 aromatic rings. The zero-order valence-electron chi connectivity index (χ0n) is 23.2. The number of nitrogens with zero attached hydrogens (tertiary/aromatic N) is 2. The van der Waals surface area contributed by atoms with Gasteiger partial charge in [-0.2, -0.15) is 13.2 Å². The molecular formula is C31H32F4N4O4. The molecule has 0 bridgehead atoms. The van der Waals surface area contributed by atoms with E-state index in [0.717, 1.165) is 29.9 Å². The lowest BCUT2D eigenvalue weighted by Gasteiger charge is -2.43. The Morgan fingerprint density at radius 3 is 2.00 bits per heavy atom. The smallest absolute Gasteiger partial charge is 0.475 e. The molecule has 0 radical (unpaired) electrons. The van der Waals surface area contributed by atoms with E-state index < -0.39 is 17.7 Å². The fourth-order valence-corrected chi connectivity index (χ4v) is 5.44. The van der Waals surface area contributed by atoms with E-state index in [1.165, 1.54) is 12.1 Å². The standard InChI is InChI=1S/C29H31FN4O2.C2HF3O2/c30-24-12-7-13-25(20-24)34-21-32-28(36)29(34)14-17-33(18-15-29)19-16-31-27(35)26(22-8-3-1-4-9-22)23-10-5-2-6-11-23;3-2(4,5)1(6)7/h1-13,20,26H,14-19,21H2,(H,31,35)(H,32,36);(H,6,7). The van der Waals surface area contributed by atoms with Crippen LogP contribution >= 0.6 is 0 Å². The second-order valence-electron chi connectivity index (χ2n) is 10.3. The van der Waals surface area contributed by atoms with Gasteiger partial charge in [-0.15, -0.1) is 0 Å². The Hall–Kier alpha value is -4.45. The Labute approximate surface area is 246 Å². The summed E-state index contributed by atoms with van der Waals surface area (Å²) < 4.78 is 45.6. The number of anilines is 1. The molecule has 2 saturated heterocycles. The van der Waals surface area contributed by atoms with Crippen LogP contribution in [0.5, 0.6) is 0 Å². The first-order valence-corrected chi connectivity index (χ1v) is 13.7. The van der Waals surface area contributed by atoms with Gasteiger partial charge in [-0.3, -0.25) is 9.59 Å². The number of piperidine rings is 1. The van der Waals surface area contributed by atoms with Gasteiger partial charge in [-0.05, 0) is 42.2 Å². The van der Waals surface area contributed by atoms with Crippen molar-refractivity contribution < 1.29 is 37.1 Å². The van der Waals surface area contributed by atoms with Gasteiger partial charge in [-0.1, -0.05) is 66.7 Å². The molecule has 228 valence electrons. The molecule has 8 nitrogen and oxygen atoms in total. The zero-order valence-corrected chi connectivity index (χ0v) is 23.2. The van der Waals surface area contributed by atoms with Crippen LogP contribution in [-0.4, -0.2) is 72.4 Å². The molecule has 43 heavy (non-hydrogen) atoms. The van der Waals surface area contributed by atoms with Crippen LogP contribution in [0.4, 0.5) is 23.2 Å². The van der Waals surface area contributed by atoms with Crippen molar-refractivity contribution in [3.05, 3.63) is 102 Å². The number of benzene rings is 3. The minimum atomic E-state index is -5.08. The quantitative estimate of drug-likeness (QED) is 0.353. The Morgan fingerprint density at radius 1 is 0.930 bits per heavy atom. The van der Waals surface area contributed by atoms with Crippen molar-refractivity contribution in [2.24, 2.45) is 0 Å². The number of halogens is 4. The molecule has 0 saturated carbocycles. The number of likely N-dealkylation sites (tertiary alicyclic amines) is 1. The molecule has 0 aromatic heterocycles. The Morgan fingerprint density at radius 2 is 1.49 bits per heavy atom. The van der Waals surface area contributed by atoms with Crippen LogP contribution in [0.2, 0.25) is 0 Å². The van der Waals surface area contributed by atoms with E-state index >= 15 is 0 Å². The topological polar surface area (TPSA) is 102 Å². The van der Waals surface area contributed by atoms with E-state index in [-0.39, 0.29) is 23.5 Å². The number of carboxylic acids is 1. The SMILES string of the molecule is O=C(NCCN1CCC2(CC1)C(=O)NCN2c1cccc(F)c1)C(c1ccccc1)c1ccccc1.O=C(O)C(F)(F)F. The first-order valence-electron chi connectivity index (χ1n) is 13.7. The summed E-state index contributed by atoms with van der Waals surface area (Å²) in [6.45, 7) is 3.09. The number of rotatable bonds is 7. The molecule has 2 aliphatic rings. The van der Waals surface area contributed by atoms with Gasteiger partial charge in [0.15, 0.2) is 0 Å². The molecule has 0 atom stereocenters. The lowest BCUT2D eigenvalue weighted by Crippen LogP contribution is -2.57. The maximum Gasteiger partial charge on any atom is 0.490 e. The van der Waals surface area contributed by atoms with Crippen LogP contribution < -0.4 is 15.5 Å². The van der Waals surface area contributed by atoms with Crippen molar-refractivity contribution in [2.75, 3.05) is 37.7 Å². The van der Waals surface area contributed by atoms with Crippen molar-refractivity contribution in [1.82, 2.24) is 15.5 Å². The number of nitrogens with one attached hydrogen (secondary N) is 2. The molecule has 2 fully saturated rings. The second kappa shape index (κ2) is 13.7. The summed E-state index contributed by atoms with van der Waals surface area (Å²) in [5.74, 6) is -3.44. The van der Waals surface area contributed by atoms with Crippen molar-refractivity contribution in [2.45, 2.75) is 30.5 Å². The minimum absolute atomic E-state index is 0.00766. The predicted octanol–water partition coefficient (Wildman–Crippen LogP) is 4.14. The molecule has 2 heterocycles. The zero-order chi connectivity index (χ0) is 31.0. The van der Waals surface area contributed by atoms with Gasteiger partial charge in [0, 0.05) is 31.9 Å². The molecule has 2 aliphatic heterocycles. The fraction of sp³-hybridized carbons (Fsp3) is 0.323. The van der Waals surface area contributed by atoms with Gasteiger partial charge in [0.25, 0.3) is 0 Å². The maximum absolute atomic E-state index is 13.8. The molecule has 12 heteroatoms. The number of carbonyl (C=O) groups excluding carboxylic acids is 2. The monoisotopic (exact) mass is 600 g/mol. The molecule has 0 unspecified atom stereocenters. The third-order valence-corrected chi connectivity index (χ3v) is 7.64. The molecule has 3 aromatic carbocycles. The molecule has 5 rings (SSSR count). The molecule has 0 aliphatic carbocycles. The molecule has 2 amide bonds. The second-order valence-corrected chi connectivity index (χ2v) is 10.3. The van der Waals surface area contributed by atoms with Crippen LogP contribution in [0.3, 0.4) is 0 Å². The number of alkyl halides is 3. The van der Waals surface area contributed by atoms with Gasteiger partial charge in [0.1, 0.15) is 11.4 Å². The Bertz CT molecular complexity index is 1360. The lowest BCUT2D eigenvalue weighted by atomic mass is 9.85. The largest absolute Gasteiger partial charge is 0.490 e. The van der Waals surface area contributed by atoms with Crippen LogP contribution in [-0.2, 0) is 14.4 Å². The average Bonchev–Trinajstić information content (AvgIpc) is 3.30. The lowest BCUT2D eigenvalue weighted by molar-refractivity contribution is -0.192. The third-order valence-electron chi connectivity index (χ3n) is 7.64. The average molecular weight is 601 g/mol. The van der Waals surface area contributed by atoms with Gasteiger partial charge in [0.05, 0.1) is 12.6 Å². The molecule has 3 N–H and O–H groups in total. The molecular weight excluding hydrogens is 568 g/mol. The van der Waals surface area contributed by atoms with Crippen molar-refractivity contribution in [3.63, 3.8) is 0 Å². The number of carbonyl (C=O) groups is 3. The van der Waals surface area contributed by atoms with Crippen LogP contribution in [0.15, 0.2) is 84.9 Å². The Kier molecular flexibility index (Phi) is 10.0. The maximum atomic E-state index is 13.8. The highest BCUT2D eigenvalue weighted by Gasteiger charge is 2.50. The van der Waals surface area contributed by atoms with Crippen LogP contribution in [0, 0.1) is 5.82 Å². The highest BCUT2D eigenvalue weighted by atomic mass is 19.4. The summed E-state index contributed by atoms with van der Waals surface area (Å²) in [7, 11) is 0. The normalized spacial score (nSPS) is 16.4. The molecule has 1 spiro atoms. The summed E-state index contributed by atoms with van der Waals surface area (Å²) in [6.07, 6.45) is -3.78. The van der Waals surface area contributed by atoms with Crippen LogP contribution in [0.1, 0.15) is 29.9 Å². The third kappa shape index (κ3) is 7.69. The van der Waals surface area contributed by atoms with Gasteiger partial charge < -0.3 is 25.5 Å². The minimum Gasteiger partial charge on any atom is -0.475 e. The summed E-state index contributed by atoms with van der Waals surface area (Å²) in [5, 5.41) is 13.2. The van der Waals surface area contributed by atoms with E-state index in [1.54, 1.807) is 6.07 Å². The van der Waals surface area contributed by atoms with Crippen molar-refractivity contribution in [1.29, 1.82) is 0 Å². The van der Waals surface area contributed by atoms with Gasteiger partial charge >= 0.3 is 12.1 Å². The highest BCUT2D eigenvalue weighted by molar-refractivity contribution is 5.93. The van der Waals surface area contributed by atoms with Crippen molar-refractivity contribution in [3.8, 4) is 0 Å². The number of carboxylic acid groups (broad SMARTS) is 1. The number of amides is 2. The first kappa shape index (κ1) is 31.5. The number of hydrogen-bond acceptors (Lipinski definition) is 5. The van der Waals surface area contributed by atoms with Crippen molar-refractivity contribution >= 4 is 23.5 Å². The van der Waals surface area contributed by atoms with Gasteiger partial charge in [0.2, 0.25) is 11.8 Å². The van der Waals surface area contributed by atoms with Crippen LogP contribution in [0.25, 0.3) is 0 Å². The van der Waals surface area contributed by atoms with E-state index in [2.05, 4.69) is 15.5 Å². The summed E-state index contributed by atoms with van der Waals surface area (Å²) in [5.41, 5.74) is 2.00. The van der Waals surface area contributed by atoms with Gasteiger partial charge in [-0.25, -0.2) is 9.18 Å². The number of hydrogen-bond donors (Lipinski definition) is 3. The summed E-state index contributed by atoms with van der Waals surface area (Å²) in [4.78, 5) is 39.3.